The highest BCUT2D eigenvalue weighted by Gasteiger charge is 2.11. The van der Waals surface area contributed by atoms with E-state index >= 15 is 0 Å². The van der Waals surface area contributed by atoms with Crippen LogP contribution in [0.3, 0.4) is 0 Å². The molecule has 2 aromatic carbocycles. The van der Waals surface area contributed by atoms with Crippen LogP contribution in [-0.2, 0) is 0 Å². The summed E-state index contributed by atoms with van der Waals surface area (Å²) in [5, 5.41) is 0. The van der Waals surface area contributed by atoms with E-state index in [4.69, 9.17) is 14.2 Å². The van der Waals surface area contributed by atoms with Crippen LogP contribution in [0.5, 0.6) is 17.2 Å². The predicted octanol–water partition coefficient (Wildman–Crippen LogP) is 3.38. The van der Waals surface area contributed by atoms with Gasteiger partial charge in [0.15, 0.2) is 0 Å². The second kappa shape index (κ2) is 5.45. The summed E-state index contributed by atoms with van der Waals surface area (Å²) in [7, 11) is 4.96. The molecule has 94 valence electrons. The topological polar surface area (TPSA) is 27.7 Å². The Morgan fingerprint density at radius 1 is 0.667 bits per heavy atom. The first-order chi connectivity index (χ1) is 8.80. The summed E-state index contributed by atoms with van der Waals surface area (Å²) >= 11 is 0. The summed E-state index contributed by atoms with van der Waals surface area (Å²) < 4.78 is 16.0. The molecule has 0 saturated heterocycles. The first-order valence-corrected chi connectivity index (χ1v) is 5.65. The first kappa shape index (κ1) is 12.3. The van der Waals surface area contributed by atoms with Gasteiger partial charge in [-0.15, -0.1) is 0 Å². The fourth-order valence-corrected chi connectivity index (χ4v) is 1.89. The van der Waals surface area contributed by atoms with Crippen molar-refractivity contribution >= 4 is 0 Å². The number of para-hydroxylation sites is 1. The molecule has 3 heteroatoms. The summed E-state index contributed by atoms with van der Waals surface area (Å²) in [5.74, 6) is 2.39. The Morgan fingerprint density at radius 3 is 2.00 bits per heavy atom. The Labute approximate surface area is 107 Å². The van der Waals surface area contributed by atoms with Gasteiger partial charge in [0.05, 0.1) is 21.3 Å². The molecule has 0 spiro atoms. The average molecular weight is 244 g/mol. The van der Waals surface area contributed by atoms with Crippen LogP contribution in [-0.4, -0.2) is 21.3 Å². The number of hydrogen-bond donors (Lipinski definition) is 0. The van der Waals surface area contributed by atoms with Crippen LogP contribution in [0.15, 0.2) is 42.5 Å². The maximum absolute atomic E-state index is 5.39. The van der Waals surface area contributed by atoms with Crippen LogP contribution in [0, 0.1) is 0 Å². The Hall–Kier alpha value is -2.16. The predicted molar refractivity (Wildman–Crippen MR) is 71.5 cm³/mol. The molecule has 2 rings (SSSR count). The van der Waals surface area contributed by atoms with Crippen molar-refractivity contribution < 1.29 is 14.2 Å². The van der Waals surface area contributed by atoms with Crippen LogP contribution >= 0.6 is 0 Å². The van der Waals surface area contributed by atoms with E-state index in [0.29, 0.717) is 0 Å². The molecule has 0 aromatic heterocycles. The minimum absolute atomic E-state index is 0.789. The van der Waals surface area contributed by atoms with Crippen molar-refractivity contribution in [3.05, 3.63) is 42.5 Å². The van der Waals surface area contributed by atoms with Crippen LogP contribution in [0.25, 0.3) is 11.1 Å². The minimum Gasteiger partial charge on any atom is -0.497 e. The molecule has 0 saturated carbocycles. The van der Waals surface area contributed by atoms with Gasteiger partial charge in [-0.1, -0.05) is 18.2 Å². The SMILES string of the molecule is COc1ccc(OC)c(-c2ccccc2OC)c1. The van der Waals surface area contributed by atoms with E-state index in [2.05, 4.69) is 0 Å². The molecule has 0 aliphatic carbocycles. The second-order valence-electron chi connectivity index (χ2n) is 3.77. The fraction of sp³-hybridized carbons (Fsp3) is 0.200. The van der Waals surface area contributed by atoms with Crippen molar-refractivity contribution in [2.75, 3.05) is 21.3 Å². The fourth-order valence-electron chi connectivity index (χ4n) is 1.89. The second-order valence-corrected chi connectivity index (χ2v) is 3.77. The molecule has 0 radical (unpaired) electrons. The number of ether oxygens (including phenoxy) is 3. The third kappa shape index (κ3) is 2.25. The molecule has 0 heterocycles. The third-order valence-electron chi connectivity index (χ3n) is 2.80. The van der Waals surface area contributed by atoms with Crippen LogP contribution < -0.4 is 14.2 Å². The number of benzene rings is 2. The molecule has 2 aromatic rings. The van der Waals surface area contributed by atoms with E-state index in [0.717, 1.165) is 28.4 Å². The molecule has 18 heavy (non-hydrogen) atoms. The molecule has 0 bridgehead atoms. The maximum Gasteiger partial charge on any atom is 0.127 e. The Kier molecular flexibility index (Phi) is 3.72. The molecule has 3 nitrogen and oxygen atoms in total. The summed E-state index contributed by atoms with van der Waals surface area (Å²) in [6.45, 7) is 0. The molecular formula is C15H16O3. The lowest BCUT2D eigenvalue weighted by molar-refractivity contribution is 0.402. The van der Waals surface area contributed by atoms with Crippen molar-refractivity contribution in [1.29, 1.82) is 0 Å². The van der Waals surface area contributed by atoms with Gasteiger partial charge in [0, 0.05) is 11.1 Å². The van der Waals surface area contributed by atoms with Crippen molar-refractivity contribution in [3.63, 3.8) is 0 Å². The maximum atomic E-state index is 5.39. The zero-order chi connectivity index (χ0) is 13.0. The standard InChI is InChI=1S/C15H16O3/c1-16-11-8-9-15(18-3)13(10-11)12-6-4-5-7-14(12)17-2/h4-10H,1-3H3. The molecule has 0 aliphatic heterocycles. The summed E-state index contributed by atoms with van der Waals surface area (Å²) in [6.07, 6.45) is 0. The van der Waals surface area contributed by atoms with Gasteiger partial charge in [0.25, 0.3) is 0 Å². The van der Waals surface area contributed by atoms with Gasteiger partial charge in [-0.3, -0.25) is 0 Å². The van der Waals surface area contributed by atoms with Gasteiger partial charge in [-0.25, -0.2) is 0 Å². The van der Waals surface area contributed by atoms with Gasteiger partial charge in [-0.2, -0.15) is 0 Å². The van der Waals surface area contributed by atoms with Crippen LogP contribution in [0.4, 0.5) is 0 Å². The van der Waals surface area contributed by atoms with E-state index in [1.54, 1.807) is 21.3 Å². The van der Waals surface area contributed by atoms with Gasteiger partial charge in [-0.05, 0) is 24.3 Å². The van der Waals surface area contributed by atoms with Gasteiger partial charge >= 0.3 is 0 Å². The Morgan fingerprint density at radius 2 is 1.33 bits per heavy atom. The zero-order valence-electron chi connectivity index (χ0n) is 10.8. The smallest absolute Gasteiger partial charge is 0.127 e. The highest BCUT2D eigenvalue weighted by Crippen LogP contribution is 2.38. The summed E-state index contributed by atoms with van der Waals surface area (Å²) in [4.78, 5) is 0. The van der Waals surface area contributed by atoms with Crippen LogP contribution in [0.2, 0.25) is 0 Å². The number of methoxy groups -OCH3 is 3. The van der Waals surface area contributed by atoms with E-state index in [1.807, 2.05) is 42.5 Å². The highest BCUT2D eigenvalue weighted by molar-refractivity contribution is 5.77. The molecule has 0 N–H and O–H groups in total. The lowest BCUT2D eigenvalue weighted by atomic mass is 10.0. The first-order valence-electron chi connectivity index (χ1n) is 5.65. The number of rotatable bonds is 4. The van der Waals surface area contributed by atoms with Crippen molar-refractivity contribution in [1.82, 2.24) is 0 Å². The summed E-state index contributed by atoms with van der Waals surface area (Å²) in [5.41, 5.74) is 1.94. The Bertz CT molecular complexity index is 535. The van der Waals surface area contributed by atoms with Crippen molar-refractivity contribution in [2.24, 2.45) is 0 Å². The minimum atomic E-state index is 0.789. The quantitative estimate of drug-likeness (QED) is 0.825. The van der Waals surface area contributed by atoms with Crippen molar-refractivity contribution in [3.8, 4) is 28.4 Å². The molecule has 0 aliphatic rings. The molecule has 0 fully saturated rings. The third-order valence-corrected chi connectivity index (χ3v) is 2.80. The normalized spacial score (nSPS) is 9.94. The van der Waals surface area contributed by atoms with Crippen molar-refractivity contribution in [2.45, 2.75) is 0 Å². The highest BCUT2D eigenvalue weighted by atomic mass is 16.5. The molecular weight excluding hydrogens is 228 g/mol. The summed E-state index contributed by atoms with van der Waals surface area (Å²) in [6, 6.07) is 13.5. The lowest BCUT2D eigenvalue weighted by Crippen LogP contribution is -1.92. The average Bonchev–Trinajstić information content (AvgIpc) is 2.46. The Balaban J connectivity index is 2.60. The monoisotopic (exact) mass is 244 g/mol. The zero-order valence-corrected chi connectivity index (χ0v) is 10.8. The molecule has 0 unspecified atom stereocenters. The van der Waals surface area contributed by atoms with Gasteiger partial charge < -0.3 is 14.2 Å². The lowest BCUT2D eigenvalue weighted by Gasteiger charge is -2.13. The molecule has 0 atom stereocenters. The van der Waals surface area contributed by atoms with E-state index in [-0.39, 0.29) is 0 Å². The number of hydrogen-bond acceptors (Lipinski definition) is 3. The van der Waals surface area contributed by atoms with Gasteiger partial charge in [0.1, 0.15) is 17.2 Å². The van der Waals surface area contributed by atoms with Crippen LogP contribution in [0.1, 0.15) is 0 Å². The largest absolute Gasteiger partial charge is 0.497 e. The van der Waals surface area contributed by atoms with Gasteiger partial charge in [0.2, 0.25) is 0 Å². The van der Waals surface area contributed by atoms with E-state index in [9.17, 15) is 0 Å². The van der Waals surface area contributed by atoms with E-state index in [1.165, 1.54) is 0 Å². The van der Waals surface area contributed by atoms with E-state index < -0.39 is 0 Å². The molecule has 0 amide bonds.